The van der Waals surface area contributed by atoms with Crippen LogP contribution in [-0.4, -0.2) is 26.4 Å². The molecule has 3 aromatic rings. The van der Waals surface area contributed by atoms with Gasteiger partial charge in [0.2, 0.25) is 0 Å². The fourth-order valence-electron chi connectivity index (χ4n) is 3.41. The van der Waals surface area contributed by atoms with Crippen LogP contribution >= 0.6 is 0 Å². The molecule has 168 valence electrons. The average Bonchev–Trinajstić information content (AvgIpc) is 2.76. The van der Waals surface area contributed by atoms with Gasteiger partial charge in [-0.15, -0.1) is 0 Å². The number of nitrogens with zero attached hydrogens (tertiary/aromatic N) is 1. The van der Waals surface area contributed by atoms with Crippen LogP contribution in [0.3, 0.4) is 0 Å². The largest absolute Gasteiger partial charge is 0.354 e. The lowest BCUT2D eigenvalue weighted by Gasteiger charge is -2.20. The second-order valence-electron chi connectivity index (χ2n) is 7.27. The number of nitrogens with one attached hydrogen (secondary N) is 1. The van der Waals surface area contributed by atoms with Gasteiger partial charge in [-0.05, 0) is 79.4 Å². The van der Waals surface area contributed by atoms with Gasteiger partial charge in [0, 0.05) is 18.8 Å². The second kappa shape index (κ2) is 9.52. The number of amides is 1. The highest BCUT2D eigenvalue weighted by atomic mass is 32.2. The summed E-state index contributed by atoms with van der Waals surface area (Å²) in [5.41, 5.74) is 1.27. The van der Waals surface area contributed by atoms with E-state index >= 15 is 0 Å². The van der Waals surface area contributed by atoms with E-state index in [-0.39, 0.29) is 34.9 Å². The molecule has 1 unspecified atom stereocenters. The molecule has 32 heavy (non-hydrogen) atoms. The zero-order chi connectivity index (χ0) is 23.5. The lowest BCUT2D eigenvalue weighted by atomic mass is 10.0. The van der Waals surface area contributed by atoms with Crippen molar-refractivity contribution in [2.24, 2.45) is 0 Å². The SMILES string of the molecule is CNC(=O)c1cc(C)c(CCC(c2cc(F)ccc2F)S(=O)(=O)c2ccc(F)cc2)cn1. The summed E-state index contributed by atoms with van der Waals surface area (Å²) in [6.45, 7) is 1.75. The molecule has 1 amide bonds. The van der Waals surface area contributed by atoms with Crippen molar-refractivity contribution in [1.82, 2.24) is 10.3 Å². The minimum atomic E-state index is -4.18. The molecule has 2 aromatic carbocycles. The van der Waals surface area contributed by atoms with Crippen molar-refractivity contribution < 1.29 is 26.4 Å². The number of carbonyl (C=O) groups excluding carboxylic acids is 1. The number of halogens is 3. The summed E-state index contributed by atoms with van der Waals surface area (Å²) in [4.78, 5) is 15.6. The number of hydrogen-bond acceptors (Lipinski definition) is 4. The highest BCUT2D eigenvalue weighted by Crippen LogP contribution is 2.35. The minimum Gasteiger partial charge on any atom is -0.354 e. The van der Waals surface area contributed by atoms with Gasteiger partial charge in [-0.25, -0.2) is 21.6 Å². The summed E-state index contributed by atoms with van der Waals surface area (Å²) in [6, 6.07) is 8.41. The highest BCUT2D eigenvalue weighted by molar-refractivity contribution is 7.91. The predicted octanol–water partition coefficient (Wildman–Crippen LogP) is 4.31. The van der Waals surface area contributed by atoms with Crippen molar-refractivity contribution in [3.05, 3.63) is 94.6 Å². The van der Waals surface area contributed by atoms with Gasteiger partial charge in [-0.2, -0.15) is 0 Å². The van der Waals surface area contributed by atoms with Crippen LogP contribution < -0.4 is 5.32 Å². The smallest absolute Gasteiger partial charge is 0.269 e. The molecule has 0 fully saturated rings. The summed E-state index contributed by atoms with van der Waals surface area (Å²) in [6.07, 6.45) is 1.55. The maximum Gasteiger partial charge on any atom is 0.269 e. The summed E-state index contributed by atoms with van der Waals surface area (Å²) in [7, 11) is -2.70. The molecule has 0 radical (unpaired) electrons. The third-order valence-corrected chi connectivity index (χ3v) is 7.34. The normalized spacial score (nSPS) is 12.4. The third-order valence-electron chi connectivity index (χ3n) is 5.18. The Morgan fingerprint density at radius 2 is 1.69 bits per heavy atom. The van der Waals surface area contributed by atoms with Gasteiger partial charge in [0.15, 0.2) is 9.84 Å². The third kappa shape index (κ3) is 4.99. The van der Waals surface area contributed by atoms with Gasteiger partial charge in [0.1, 0.15) is 23.1 Å². The average molecular weight is 462 g/mol. The Morgan fingerprint density at radius 1 is 1.03 bits per heavy atom. The highest BCUT2D eigenvalue weighted by Gasteiger charge is 2.31. The Hall–Kier alpha value is -3.20. The number of aryl methyl sites for hydroxylation is 2. The van der Waals surface area contributed by atoms with Gasteiger partial charge >= 0.3 is 0 Å². The molecule has 9 heteroatoms. The number of sulfone groups is 1. The van der Waals surface area contributed by atoms with Crippen molar-refractivity contribution in [3.8, 4) is 0 Å². The summed E-state index contributed by atoms with van der Waals surface area (Å²) < 4.78 is 68.4. The van der Waals surface area contributed by atoms with E-state index < -0.39 is 32.5 Å². The molecule has 3 rings (SSSR count). The summed E-state index contributed by atoms with van der Waals surface area (Å²) >= 11 is 0. The fraction of sp³-hybridized carbons (Fsp3) is 0.217. The number of hydrogen-bond donors (Lipinski definition) is 1. The Bertz CT molecular complexity index is 1250. The molecular formula is C23H21F3N2O3S. The molecular weight excluding hydrogens is 441 g/mol. The quantitative estimate of drug-likeness (QED) is 0.531. The fourth-order valence-corrected chi connectivity index (χ4v) is 5.20. The zero-order valence-electron chi connectivity index (χ0n) is 17.4. The van der Waals surface area contributed by atoms with Gasteiger partial charge < -0.3 is 5.32 Å². The van der Waals surface area contributed by atoms with Gasteiger partial charge in [-0.1, -0.05) is 0 Å². The van der Waals surface area contributed by atoms with Crippen LogP contribution in [0.4, 0.5) is 13.2 Å². The van der Waals surface area contributed by atoms with Crippen LogP contribution in [0, 0.1) is 24.4 Å². The molecule has 0 bridgehead atoms. The number of carbonyl (C=O) groups is 1. The minimum absolute atomic E-state index is 0.0814. The van der Waals surface area contributed by atoms with Crippen LogP contribution in [0.1, 0.15) is 38.8 Å². The van der Waals surface area contributed by atoms with E-state index in [1.165, 1.54) is 13.2 Å². The maximum atomic E-state index is 14.6. The van der Waals surface area contributed by atoms with E-state index in [0.29, 0.717) is 11.1 Å². The Morgan fingerprint density at radius 3 is 2.31 bits per heavy atom. The van der Waals surface area contributed by atoms with Gasteiger partial charge in [-0.3, -0.25) is 9.78 Å². The zero-order valence-corrected chi connectivity index (χ0v) is 18.2. The molecule has 1 aromatic heterocycles. The van der Waals surface area contributed by atoms with Crippen LogP contribution in [-0.2, 0) is 16.3 Å². The van der Waals surface area contributed by atoms with E-state index in [2.05, 4.69) is 10.3 Å². The molecule has 0 aliphatic rings. The first-order valence-electron chi connectivity index (χ1n) is 9.75. The van der Waals surface area contributed by atoms with E-state index in [1.54, 1.807) is 13.0 Å². The Kier molecular flexibility index (Phi) is 6.98. The van der Waals surface area contributed by atoms with Crippen molar-refractivity contribution in [1.29, 1.82) is 0 Å². The van der Waals surface area contributed by atoms with Crippen molar-refractivity contribution in [3.63, 3.8) is 0 Å². The van der Waals surface area contributed by atoms with E-state index in [1.807, 2.05) is 0 Å². The van der Waals surface area contributed by atoms with Crippen molar-refractivity contribution >= 4 is 15.7 Å². The molecule has 0 spiro atoms. The van der Waals surface area contributed by atoms with Crippen LogP contribution in [0.25, 0.3) is 0 Å². The predicted molar refractivity (Wildman–Crippen MR) is 113 cm³/mol. The monoisotopic (exact) mass is 462 g/mol. The first kappa shape index (κ1) is 23.5. The van der Waals surface area contributed by atoms with E-state index in [0.717, 1.165) is 42.5 Å². The van der Waals surface area contributed by atoms with E-state index in [9.17, 15) is 26.4 Å². The Labute approximate surface area is 184 Å². The number of pyridine rings is 1. The summed E-state index contributed by atoms with van der Waals surface area (Å²) in [5, 5.41) is 1.05. The first-order chi connectivity index (χ1) is 15.1. The van der Waals surface area contributed by atoms with Crippen LogP contribution in [0.15, 0.2) is 59.6 Å². The number of aromatic nitrogens is 1. The molecule has 1 atom stereocenters. The molecule has 5 nitrogen and oxygen atoms in total. The molecule has 0 saturated heterocycles. The molecule has 0 saturated carbocycles. The topological polar surface area (TPSA) is 76.1 Å². The number of rotatable bonds is 7. The van der Waals surface area contributed by atoms with Crippen molar-refractivity contribution in [2.75, 3.05) is 7.05 Å². The lowest BCUT2D eigenvalue weighted by molar-refractivity contribution is 0.0958. The molecule has 0 aliphatic carbocycles. The van der Waals surface area contributed by atoms with Crippen molar-refractivity contribution in [2.45, 2.75) is 29.9 Å². The first-order valence-corrected chi connectivity index (χ1v) is 11.3. The lowest BCUT2D eigenvalue weighted by Crippen LogP contribution is -2.20. The van der Waals surface area contributed by atoms with Crippen LogP contribution in [0.2, 0.25) is 0 Å². The van der Waals surface area contributed by atoms with Gasteiger partial charge in [0.05, 0.1) is 10.1 Å². The Balaban J connectivity index is 1.99. The summed E-state index contributed by atoms with van der Waals surface area (Å²) in [5.74, 6) is -2.60. The second-order valence-corrected chi connectivity index (χ2v) is 9.40. The number of benzene rings is 2. The maximum absolute atomic E-state index is 14.6. The van der Waals surface area contributed by atoms with Crippen LogP contribution in [0.5, 0.6) is 0 Å². The standard InChI is InChI=1S/C23H21F3N2O3S/c1-14-11-21(23(29)27-2)28-13-15(14)3-10-22(19-12-17(25)6-9-20(19)26)32(30,31)18-7-4-16(24)5-8-18/h4-9,11-13,22H,3,10H2,1-2H3,(H,27,29). The van der Waals surface area contributed by atoms with Gasteiger partial charge in [0.25, 0.3) is 5.91 Å². The molecule has 1 heterocycles. The molecule has 0 aliphatic heterocycles. The van der Waals surface area contributed by atoms with E-state index in [4.69, 9.17) is 0 Å². The molecule has 1 N–H and O–H groups in total.